The summed E-state index contributed by atoms with van der Waals surface area (Å²) in [6.07, 6.45) is 0. The van der Waals surface area contributed by atoms with E-state index in [0.29, 0.717) is 17.8 Å². The predicted molar refractivity (Wildman–Crippen MR) is 66.8 cm³/mol. The summed E-state index contributed by atoms with van der Waals surface area (Å²) in [5, 5.41) is 3.03. The molecule has 0 unspecified atom stereocenters. The molecule has 0 saturated carbocycles. The Hall–Kier alpha value is -1.20. The Morgan fingerprint density at radius 3 is 2.67 bits per heavy atom. The van der Waals surface area contributed by atoms with Crippen molar-refractivity contribution in [3.8, 4) is 0 Å². The van der Waals surface area contributed by atoms with Crippen LogP contribution >= 0.6 is 0 Å². The Bertz CT molecular complexity index is 383. The summed E-state index contributed by atoms with van der Waals surface area (Å²) in [7, 11) is 0. The van der Waals surface area contributed by atoms with Gasteiger partial charge in [0.05, 0.1) is 18.9 Å². The van der Waals surface area contributed by atoms with Crippen molar-refractivity contribution in [1.29, 1.82) is 0 Å². The number of nitrogens with zero attached hydrogens (tertiary/aromatic N) is 1. The van der Waals surface area contributed by atoms with Crippen LogP contribution < -0.4 is 5.32 Å². The quantitative estimate of drug-likeness (QED) is 0.892. The smallest absolute Gasteiger partial charge is 0.149 e. The van der Waals surface area contributed by atoms with E-state index in [4.69, 9.17) is 4.74 Å². The molecule has 3 nitrogen and oxygen atoms in total. The van der Waals surface area contributed by atoms with Crippen LogP contribution in [-0.2, 0) is 4.74 Å². The van der Waals surface area contributed by atoms with E-state index < -0.39 is 11.6 Å². The Morgan fingerprint density at radius 2 is 2.00 bits per heavy atom. The summed E-state index contributed by atoms with van der Waals surface area (Å²) in [6, 6.07) is 2.24. The number of hydrogen-bond acceptors (Lipinski definition) is 3. The molecule has 5 heteroatoms. The van der Waals surface area contributed by atoms with Crippen LogP contribution in [0, 0.1) is 18.6 Å². The van der Waals surface area contributed by atoms with Crippen molar-refractivity contribution in [3.05, 3.63) is 29.3 Å². The van der Waals surface area contributed by atoms with Gasteiger partial charge in [0.25, 0.3) is 0 Å². The van der Waals surface area contributed by atoms with Gasteiger partial charge in [0.2, 0.25) is 0 Å². The molecule has 0 radical (unpaired) electrons. The number of hydrogen-bond donors (Lipinski definition) is 1. The van der Waals surface area contributed by atoms with E-state index in [9.17, 15) is 8.78 Å². The molecule has 1 aromatic rings. The molecule has 1 saturated heterocycles. The zero-order valence-corrected chi connectivity index (χ0v) is 10.5. The largest absolute Gasteiger partial charge is 0.381 e. The van der Waals surface area contributed by atoms with E-state index in [0.717, 1.165) is 38.9 Å². The first-order valence-electron chi connectivity index (χ1n) is 6.16. The van der Waals surface area contributed by atoms with Gasteiger partial charge < -0.3 is 10.1 Å². The number of halogens is 2. The normalized spacial score (nSPS) is 16.8. The van der Waals surface area contributed by atoms with E-state index in [2.05, 4.69) is 10.2 Å². The number of morpholine rings is 1. The summed E-state index contributed by atoms with van der Waals surface area (Å²) in [5.41, 5.74) is 0.985. The van der Waals surface area contributed by atoms with Crippen molar-refractivity contribution in [2.75, 3.05) is 44.7 Å². The summed E-state index contributed by atoms with van der Waals surface area (Å²) >= 11 is 0. The van der Waals surface area contributed by atoms with Crippen LogP contribution in [0.2, 0.25) is 0 Å². The molecule has 2 rings (SSSR count). The highest BCUT2D eigenvalue weighted by Crippen LogP contribution is 2.20. The third kappa shape index (κ3) is 3.40. The van der Waals surface area contributed by atoms with E-state index in [-0.39, 0.29) is 0 Å². The second kappa shape index (κ2) is 6.11. The molecule has 18 heavy (non-hydrogen) atoms. The van der Waals surface area contributed by atoms with Gasteiger partial charge in [0, 0.05) is 32.2 Å². The summed E-state index contributed by atoms with van der Waals surface area (Å²) < 4.78 is 31.7. The van der Waals surface area contributed by atoms with Crippen molar-refractivity contribution >= 4 is 5.69 Å². The summed E-state index contributed by atoms with van der Waals surface area (Å²) in [6.45, 7) is 6.50. The lowest BCUT2D eigenvalue weighted by molar-refractivity contribution is 0.0398. The summed E-state index contributed by atoms with van der Waals surface area (Å²) in [5.74, 6) is -1.07. The third-order valence-electron chi connectivity index (χ3n) is 3.09. The molecule has 100 valence electrons. The minimum absolute atomic E-state index is 0.393. The molecule has 0 spiro atoms. The number of rotatable bonds is 4. The highest BCUT2D eigenvalue weighted by molar-refractivity contribution is 5.51. The highest BCUT2D eigenvalue weighted by Gasteiger charge is 2.11. The number of ether oxygens (including phenoxy) is 1. The van der Waals surface area contributed by atoms with Gasteiger partial charge in [-0.05, 0) is 18.6 Å². The first-order valence-corrected chi connectivity index (χ1v) is 6.16. The van der Waals surface area contributed by atoms with Crippen molar-refractivity contribution in [2.45, 2.75) is 6.92 Å². The van der Waals surface area contributed by atoms with E-state index in [1.54, 1.807) is 6.92 Å². The van der Waals surface area contributed by atoms with Gasteiger partial charge in [-0.3, -0.25) is 4.90 Å². The van der Waals surface area contributed by atoms with Crippen LogP contribution in [0.25, 0.3) is 0 Å². The van der Waals surface area contributed by atoms with Gasteiger partial charge >= 0.3 is 0 Å². The lowest BCUT2D eigenvalue weighted by atomic mass is 10.2. The van der Waals surface area contributed by atoms with Crippen LogP contribution in [0.4, 0.5) is 14.5 Å². The number of anilines is 1. The molecule has 1 N–H and O–H groups in total. The van der Waals surface area contributed by atoms with Crippen LogP contribution in [0.3, 0.4) is 0 Å². The topological polar surface area (TPSA) is 24.5 Å². The highest BCUT2D eigenvalue weighted by atomic mass is 19.1. The molecule has 1 aliphatic rings. The zero-order valence-electron chi connectivity index (χ0n) is 10.5. The third-order valence-corrected chi connectivity index (χ3v) is 3.09. The molecule has 1 fully saturated rings. The average Bonchev–Trinajstić information content (AvgIpc) is 2.34. The van der Waals surface area contributed by atoms with Gasteiger partial charge in [-0.2, -0.15) is 0 Å². The van der Waals surface area contributed by atoms with Gasteiger partial charge in [-0.1, -0.05) is 0 Å². The minimum atomic E-state index is -0.538. The molecule has 0 atom stereocenters. The monoisotopic (exact) mass is 256 g/mol. The van der Waals surface area contributed by atoms with Gasteiger partial charge in [-0.25, -0.2) is 8.78 Å². The minimum Gasteiger partial charge on any atom is -0.381 e. The maximum absolute atomic E-state index is 13.5. The number of aryl methyl sites for hydroxylation is 1. The van der Waals surface area contributed by atoms with Crippen LogP contribution in [-0.4, -0.2) is 44.3 Å². The van der Waals surface area contributed by atoms with Crippen molar-refractivity contribution in [3.63, 3.8) is 0 Å². The van der Waals surface area contributed by atoms with Crippen LogP contribution in [0.1, 0.15) is 5.56 Å². The lowest BCUT2D eigenvalue weighted by Gasteiger charge is -2.26. The van der Waals surface area contributed by atoms with E-state index >= 15 is 0 Å². The maximum Gasteiger partial charge on any atom is 0.149 e. The van der Waals surface area contributed by atoms with Gasteiger partial charge in [0.1, 0.15) is 11.6 Å². The maximum atomic E-state index is 13.5. The standard InChI is InChI=1S/C13H18F2N2O/c1-10-8-11(14)9-12(15)13(10)16-2-3-17-4-6-18-7-5-17/h8-9,16H,2-7H2,1H3. The predicted octanol–water partition coefficient (Wildman–Crippen LogP) is 2.02. The van der Waals surface area contributed by atoms with Gasteiger partial charge in [-0.15, -0.1) is 0 Å². The van der Waals surface area contributed by atoms with Crippen LogP contribution in [0.15, 0.2) is 12.1 Å². The fourth-order valence-corrected chi connectivity index (χ4v) is 2.09. The van der Waals surface area contributed by atoms with E-state index in [1.807, 2.05) is 0 Å². The Balaban J connectivity index is 1.86. The molecule has 0 aromatic heterocycles. The SMILES string of the molecule is Cc1cc(F)cc(F)c1NCCN1CCOCC1. The fraction of sp³-hybridized carbons (Fsp3) is 0.538. The van der Waals surface area contributed by atoms with E-state index in [1.165, 1.54) is 6.07 Å². The molecular formula is C13H18F2N2O. The van der Waals surface area contributed by atoms with Crippen molar-refractivity contribution in [2.24, 2.45) is 0 Å². The Kier molecular flexibility index (Phi) is 4.49. The van der Waals surface area contributed by atoms with Crippen molar-refractivity contribution < 1.29 is 13.5 Å². The zero-order chi connectivity index (χ0) is 13.0. The second-order valence-corrected chi connectivity index (χ2v) is 4.46. The van der Waals surface area contributed by atoms with Crippen molar-refractivity contribution in [1.82, 2.24) is 4.90 Å². The molecule has 1 aliphatic heterocycles. The molecule has 0 aliphatic carbocycles. The first kappa shape index (κ1) is 13.2. The fourth-order valence-electron chi connectivity index (χ4n) is 2.09. The number of benzene rings is 1. The Morgan fingerprint density at radius 1 is 1.28 bits per heavy atom. The number of nitrogens with one attached hydrogen (secondary N) is 1. The van der Waals surface area contributed by atoms with Gasteiger partial charge in [0.15, 0.2) is 0 Å². The second-order valence-electron chi connectivity index (χ2n) is 4.46. The lowest BCUT2D eigenvalue weighted by Crippen LogP contribution is -2.39. The van der Waals surface area contributed by atoms with Crippen LogP contribution in [0.5, 0.6) is 0 Å². The Labute approximate surface area is 106 Å². The summed E-state index contributed by atoms with van der Waals surface area (Å²) in [4.78, 5) is 2.26. The molecule has 1 aromatic carbocycles. The molecule has 0 amide bonds. The average molecular weight is 256 g/mol. The molecular weight excluding hydrogens is 238 g/mol. The molecule has 1 heterocycles. The first-order chi connectivity index (χ1) is 8.66. The molecule has 0 bridgehead atoms.